The number of nitrogens with zero attached hydrogens (tertiary/aromatic N) is 1. The molecule has 2 amide bonds. The number of benzene rings is 1. The van der Waals surface area contributed by atoms with E-state index >= 15 is 0 Å². The van der Waals surface area contributed by atoms with E-state index in [1.165, 1.54) is 0 Å². The smallest absolute Gasteiger partial charge is 0.317 e. The van der Waals surface area contributed by atoms with Crippen LogP contribution in [0.1, 0.15) is 10.4 Å². The van der Waals surface area contributed by atoms with Gasteiger partial charge in [0.15, 0.2) is 0 Å². The number of amides is 2. The van der Waals surface area contributed by atoms with Gasteiger partial charge in [-0.25, -0.2) is 4.79 Å². The third-order valence-electron chi connectivity index (χ3n) is 2.82. The maximum atomic E-state index is 12.0. The van der Waals surface area contributed by atoms with Gasteiger partial charge >= 0.3 is 6.03 Å². The summed E-state index contributed by atoms with van der Waals surface area (Å²) in [4.78, 5) is 14.8. The van der Waals surface area contributed by atoms with Gasteiger partial charge in [-0.2, -0.15) is 0 Å². The highest BCUT2D eigenvalue weighted by molar-refractivity contribution is 7.09. The van der Waals surface area contributed by atoms with Gasteiger partial charge in [0.2, 0.25) is 0 Å². The zero-order chi connectivity index (χ0) is 14.5. The van der Waals surface area contributed by atoms with Crippen molar-refractivity contribution < 1.29 is 4.79 Å². The fraction of sp³-hybridized carbons (Fsp3) is 0.214. The highest BCUT2D eigenvalue weighted by Crippen LogP contribution is 2.27. The largest absolute Gasteiger partial charge is 0.341 e. The van der Waals surface area contributed by atoms with Gasteiger partial charge in [0.25, 0.3) is 0 Å². The average molecular weight is 329 g/mol. The molecule has 1 N–H and O–H groups in total. The van der Waals surface area contributed by atoms with Gasteiger partial charge in [0.1, 0.15) is 0 Å². The molecule has 0 aliphatic carbocycles. The summed E-state index contributed by atoms with van der Waals surface area (Å²) >= 11 is 13.8. The van der Waals surface area contributed by atoms with E-state index < -0.39 is 0 Å². The topological polar surface area (TPSA) is 32.3 Å². The highest BCUT2D eigenvalue weighted by atomic mass is 35.5. The Morgan fingerprint density at radius 2 is 2.05 bits per heavy atom. The number of rotatable bonds is 4. The summed E-state index contributed by atoms with van der Waals surface area (Å²) in [7, 11) is 1.61. The lowest BCUT2D eigenvalue weighted by Crippen LogP contribution is -2.36. The Hall–Kier alpha value is -1.23. The van der Waals surface area contributed by atoms with Crippen molar-refractivity contribution in [1.29, 1.82) is 0 Å². The van der Waals surface area contributed by atoms with Crippen molar-refractivity contribution in [3.63, 3.8) is 0 Å². The van der Waals surface area contributed by atoms with E-state index in [1.807, 2.05) is 29.6 Å². The standard InChI is InChI=1S/C14H14Cl2N2OS/c1-17-14(19)18(9-11-5-3-7-20-11)8-10-4-2-6-12(15)13(10)16/h2-7H,8-9H2,1H3,(H,17,19). The van der Waals surface area contributed by atoms with Gasteiger partial charge < -0.3 is 10.2 Å². The van der Waals surface area contributed by atoms with Crippen LogP contribution in [0.3, 0.4) is 0 Å². The van der Waals surface area contributed by atoms with E-state index in [9.17, 15) is 4.79 Å². The van der Waals surface area contributed by atoms with Crippen LogP contribution in [0.4, 0.5) is 4.79 Å². The molecule has 2 aromatic rings. The first-order chi connectivity index (χ1) is 9.61. The lowest BCUT2D eigenvalue weighted by molar-refractivity contribution is 0.195. The maximum absolute atomic E-state index is 12.0. The number of hydrogen-bond acceptors (Lipinski definition) is 2. The molecule has 0 atom stereocenters. The monoisotopic (exact) mass is 328 g/mol. The summed E-state index contributed by atoms with van der Waals surface area (Å²) in [6, 6.07) is 9.26. The molecule has 1 aromatic carbocycles. The first-order valence-electron chi connectivity index (χ1n) is 6.03. The SMILES string of the molecule is CNC(=O)N(Cc1cccs1)Cc1cccc(Cl)c1Cl. The van der Waals surface area contributed by atoms with E-state index in [1.54, 1.807) is 29.4 Å². The van der Waals surface area contributed by atoms with Gasteiger partial charge in [0.05, 0.1) is 16.6 Å². The zero-order valence-electron chi connectivity index (χ0n) is 10.9. The van der Waals surface area contributed by atoms with E-state index in [0.717, 1.165) is 10.4 Å². The first kappa shape index (κ1) is 15.2. The molecule has 0 unspecified atom stereocenters. The minimum atomic E-state index is -0.144. The summed E-state index contributed by atoms with van der Waals surface area (Å²) in [5, 5.41) is 5.63. The van der Waals surface area contributed by atoms with Crippen LogP contribution in [-0.4, -0.2) is 18.0 Å². The van der Waals surface area contributed by atoms with Crippen LogP contribution in [-0.2, 0) is 13.1 Å². The van der Waals surface area contributed by atoms with Gasteiger partial charge in [-0.1, -0.05) is 41.4 Å². The van der Waals surface area contributed by atoms with Crippen LogP contribution in [0.15, 0.2) is 35.7 Å². The number of nitrogens with one attached hydrogen (secondary N) is 1. The van der Waals surface area contributed by atoms with Crippen LogP contribution >= 0.6 is 34.5 Å². The molecule has 6 heteroatoms. The van der Waals surface area contributed by atoms with Gasteiger partial charge in [-0.15, -0.1) is 11.3 Å². The molecule has 0 spiro atoms. The van der Waals surface area contributed by atoms with E-state index in [4.69, 9.17) is 23.2 Å². The van der Waals surface area contributed by atoms with E-state index in [2.05, 4.69) is 5.32 Å². The molecule has 0 saturated carbocycles. The van der Waals surface area contributed by atoms with Crippen molar-refractivity contribution >= 4 is 40.6 Å². The second-order valence-electron chi connectivity index (χ2n) is 4.20. The maximum Gasteiger partial charge on any atom is 0.317 e. The van der Waals surface area contributed by atoms with Crippen molar-refractivity contribution in [2.75, 3.05) is 7.05 Å². The Labute approximate surface area is 132 Å². The molecule has 20 heavy (non-hydrogen) atoms. The number of carbonyl (C=O) groups is 1. The third-order valence-corrected chi connectivity index (χ3v) is 4.54. The van der Waals surface area contributed by atoms with Gasteiger partial charge in [0, 0.05) is 18.5 Å². The zero-order valence-corrected chi connectivity index (χ0v) is 13.2. The molecule has 0 bridgehead atoms. The molecule has 1 aromatic heterocycles. The third kappa shape index (κ3) is 3.66. The second kappa shape index (κ2) is 6.97. The Bertz CT molecular complexity index is 587. The summed E-state index contributed by atoms with van der Waals surface area (Å²) in [6.45, 7) is 0.956. The molecule has 1 heterocycles. The van der Waals surface area contributed by atoms with Gasteiger partial charge in [-0.05, 0) is 23.1 Å². The minimum Gasteiger partial charge on any atom is -0.341 e. The Morgan fingerprint density at radius 3 is 2.70 bits per heavy atom. The summed E-state index contributed by atoms with van der Waals surface area (Å²) in [6.07, 6.45) is 0. The van der Waals surface area contributed by atoms with Gasteiger partial charge in [-0.3, -0.25) is 0 Å². The number of halogens is 2. The Balaban J connectivity index is 2.19. The lowest BCUT2D eigenvalue weighted by Gasteiger charge is -2.22. The molecule has 106 valence electrons. The van der Waals surface area contributed by atoms with Crippen LogP contribution in [0.25, 0.3) is 0 Å². The summed E-state index contributed by atoms with van der Waals surface area (Å²) < 4.78 is 0. The summed E-state index contributed by atoms with van der Waals surface area (Å²) in [5.41, 5.74) is 0.833. The first-order valence-corrected chi connectivity index (χ1v) is 7.67. The Morgan fingerprint density at radius 1 is 1.25 bits per heavy atom. The van der Waals surface area contributed by atoms with Crippen LogP contribution in [0, 0.1) is 0 Å². The second-order valence-corrected chi connectivity index (χ2v) is 6.02. The average Bonchev–Trinajstić information content (AvgIpc) is 2.95. The number of thiophene rings is 1. The molecule has 0 aliphatic rings. The number of hydrogen-bond donors (Lipinski definition) is 1. The van der Waals surface area contributed by atoms with E-state index in [-0.39, 0.29) is 6.03 Å². The van der Waals surface area contributed by atoms with Crippen molar-refractivity contribution in [2.24, 2.45) is 0 Å². The fourth-order valence-corrected chi connectivity index (χ4v) is 2.92. The normalized spacial score (nSPS) is 10.3. The van der Waals surface area contributed by atoms with Crippen molar-refractivity contribution in [3.05, 3.63) is 56.2 Å². The molecule has 0 aliphatic heterocycles. The van der Waals surface area contributed by atoms with Crippen molar-refractivity contribution in [2.45, 2.75) is 13.1 Å². The predicted octanol–water partition coefficient (Wildman–Crippen LogP) is 4.40. The molecule has 0 saturated heterocycles. The van der Waals surface area contributed by atoms with Crippen molar-refractivity contribution in [1.82, 2.24) is 10.2 Å². The predicted molar refractivity (Wildman–Crippen MR) is 84.5 cm³/mol. The molecular formula is C14H14Cl2N2OS. The molecule has 2 rings (SSSR count). The molecule has 0 fully saturated rings. The highest BCUT2D eigenvalue weighted by Gasteiger charge is 2.16. The molecule has 3 nitrogen and oxygen atoms in total. The fourth-order valence-electron chi connectivity index (χ4n) is 1.82. The Kier molecular flexibility index (Phi) is 5.29. The van der Waals surface area contributed by atoms with Crippen molar-refractivity contribution in [3.8, 4) is 0 Å². The lowest BCUT2D eigenvalue weighted by atomic mass is 10.2. The quantitative estimate of drug-likeness (QED) is 0.886. The van der Waals surface area contributed by atoms with Crippen LogP contribution in [0.2, 0.25) is 10.0 Å². The van der Waals surface area contributed by atoms with Crippen LogP contribution in [0.5, 0.6) is 0 Å². The summed E-state index contributed by atoms with van der Waals surface area (Å²) in [5.74, 6) is 0. The minimum absolute atomic E-state index is 0.144. The van der Waals surface area contributed by atoms with Crippen LogP contribution < -0.4 is 5.32 Å². The molecule has 0 radical (unpaired) electrons. The molecular weight excluding hydrogens is 315 g/mol. The number of urea groups is 1. The number of carbonyl (C=O) groups excluding carboxylic acids is 1. The van der Waals surface area contributed by atoms with E-state index in [0.29, 0.717) is 23.1 Å².